The van der Waals surface area contributed by atoms with E-state index in [2.05, 4.69) is 0 Å². The van der Waals surface area contributed by atoms with Gasteiger partial charge in [-0.2, -0.15) is 13.2 Å². The third kappa shape index (κ3) is 3.68. The second-order valence-corrected chi connectivity index (χ2v) is 5.83. The Morgan fingerprint density at radius 2 is 2.00 bits per heavy atom. The zero-order chi connectivity index (χ0) is 15.8. The molecular weight excluding hydrogens is 279 g/mol. The number of amidine groups is 1. The molecular formula is C15H20F3N3. The smallest absolute Gasteiger partial charge is 0.384 e. The standard InChI is InChI=1S/C15H20F3N3/c1-9(2)21(8-10-3-4-10)13-6-5-11(15(16,17)18)7-12(13)14(19)20/h5-7,9-10H,3-4,8H2,1-2H3,(H3,19,20). The molecule has 1 fully saturated rings. The molecule has 1 aliphatic carbocycles. The Morgan fingerprint density at radius 3 is 2.43 bits per heavy atom. The minimum Gasteiger partial charge on any atom is -0.384 e. The molecule has 0 aliphatic heterocycles. The van der Waals surface area contributed by atoms with E-state index in [1.807, 2.05) is 18.7 Å². The van der Waals surface area contributed by atoms with Crippen molar-refractivity contribution in [1.29, 1.82) is 5.41 Å². The van der Waals surface area contributed by atoms with Crippen molar-refractivity contribution in [3.05, 3.63) is 29.3 Å². The number of nitrogens with zero attached hydrogens (tertiary/aromatic N) is 1. The highest BCUT2D eigenvalue weighted by Gasteiger charge is 2.33. The molecule has 2 rings (SSSR count). The lowest BCUT2D eigenvalue weighted by atomic mass is 10.0. The predicted molar refractivity (Wildman–Crippen MR) is 77.7 cm³/mol. The van der Waals surface area contributed by atoms with Gasteiger partial charge in [-0.25, -0.2) is 0 Å². The summed E-state index contributed by atoms with van der Waals surface area (Å²) in [6.45, 7) is 4.78. The van der Waals surface area contributed by atoms with Gasteiger partial charge in [0.05, 0.1) is 5.56 Å². The van der Waals surface area contributed by atoms with E-state index in [1.165, 1.54) is 6.07 Å². The van der Waals surface area contributed by atoms with Gasteiger partial charge in [0.25, 0.3) is 0 Å². The van der Waals surface area contributed by atoms with Crippen molar-refractivity contribution in [2.45, 2.75) is 38.9 Å². The summed E-state index contributed by atoms with van der Waals surface area (Å²) in [7, 11) is 0. The highest BCUT2D eigenvalue weighted by atomic mass is 19.4. The van der Waals surface area contributed by atoms with Crippen molar-refractivity contribution in [3.8, 4) is 0 Å². The van der Waals surface area contributed by atoms with Gasteiger partial charge in [0.2, 0.25) is 0 Å². The number of alkyl halides is 3. The number of halogens is 3. The number of anilines is 1. The quantitative estimate of drug-likeness (QED) is 0.644. The number of benzene rings is 1. The molecule has 21 heavy (non-hydrogen) atoms. The third-order valence-electron chi connectivity index (χ3n) is 3.70. The third-order valence-corrected chi connectivity index (χ3v) is 3.70. The fraction of sp³-hybridized carbons (Fsp3) is 0.533. The monoisotopic (exact) mass is 299 g/mol. The maximum absolute atomic E-state index is 12.8. The second-order valence-electron chi connectivity index (χ2n) is 5.83. The largest absolute Gasteiger partial charge is 0.416 e. The molecule has 0 spiro atoms. The van der Waals surface area contributed by atoms with Crippen molar-refractivity contribution in [2.75, 3.05) is 11.4 Å². The van der Waals surface area contributed by atoms with Gasteiger partial charge in [-0.1, -0.05) is 0 Å². The fourth-order valence-corrected chi connectivity index (χ4v) is 2.34. The van der Waals surface area contributed by atoms with Crippen LogP contribution in [-0.4, -0.2) is 18.4 Å². The Morgan fingerprint density at radius 1 is 1.38 bits per heavy atom. The molecule has 116 valence electrons. The van der Waals surface area contributed by atoms with Gasteiger partial charge in [0.15, 0.2) is 0 Å². The highest BCUT2D eigenvalue weighted by molar-refractivity contribution is 6.00. The van der Waals surface area contributed by atoms with Gasteiger partial charge < -0.3 is 10.6 Å². The lowest BCUT2D eigenvalue weighted by Gasteiger charge is -2.31. The maximum atomic E-state index is 12.8. The Hall–Kier alpha value is -1.72. The number of nitrogens with one attached hydrogen (secondary N) is 1. The number of hydrogen-bond donors (Lipinski definition) is 2. The zero-order valence-corrected chi connectivity index (χ0v) is 12.2. The summed E-state index contributed by atoms with van der Waals surface area (Å²) in [6, 6.07) is 3.60. The first kappa shape index (κ1) is 15.7. The Balaban J connectivity index is 2.43. The lowest BCUT2D eigenvalue weighted by molar-refractivity contribution is -0.137. The molecule has 0 atom stereocenters. The molecule has 0 bridgehead atoms. The molecule has 0 saturated heterocycles. The average molecular weight is 299 g/mol. The molecule has 1 saturated carbocycles. The van der Waals surface area contributed by atoms with Crippen LogP contribution in [-0.2, 0) is 6.18 Å². The number of nitrogen functional groups attached to an aromatic ring is 1. The molecule has 0 aromatic heterocycles. The van der Waals surface area contributed by atoms with Crippen LogP contribution in [0.1, 0.15) is 37.8 Å². The molecule has 0 unspecified atom stereocenters. The summed E-state index contributed by atoms with van der Waals surface area (Å²) >= 11 is 0. The summed E-state index contributed by atoms with van der Waals surface area (Å²) in [5.41, 5.74) is 5.49. The van der Waals surface area contributed by atoms with Crippen LogP contribution in [0, 0.1) is 11.3 Å². The van der Waals surface area contributed by atoms with Crippen molar-refractivity contribution in [2.24, 2.45) is 11.7 Å². The van der Waals surface area contributed by atoms with Gasteiger partial charge in [0.1, 0.15) is 5.84 Å². The van der Waals surface area contributed by atoms with E-state index in [0.717, 1.165) is 31.5 Å². The van der Waals surface area contributed by atoms with Crippen LogP contribution in [0.5, 0.6) is 0 Å². The molecule has 0 amide bonds. The normalized spacial score (nSPS) is 15.3. The first-order chi connectivity index (χ1) is 9.70. The van der Waals surface area contributed by atoms with Gasteiger partial charge in [-0.05, 0) is 50.8 Å². The number of rotatable bonds is 5. The van der Waals surface area contributed by atoms with Gasteiger partial charge in [0, 0.05) is 23.8 Å². The molecule has 1 aromatic rings. The van der Waals surface area contributed by atoms with Crippen LogP contribution in [0.3, 0.4) is 0 Å². The Bertz CT molecular complexity index is 533. The molecule has 1 aliphatic rings. The predicted octanol–water partition coefficient (Wildman–Crippen LogP) is 3.61. The van der Waals surface area contributed by atoms with Crippen LogP contribution < -0.4 is 10.6 Å². The zero-order valence-electron chi connectivity index (χ0n) is 12.2. The van der Waals surface area contributed by atoms with Gasteiger partial charge in [-0.3, -0.25) is 5.41 Å². The van der Waals surface area contributed by atoms with E-state index < -0.39 is 11.7 Å². The fourth-order valence-electron chi connectivity index (χ4n) is 2.34. The molecule has 3 N–H and O–H groups in total. The van der Waals surface area contributed by atoms with Crippen molar-refractivity contribution in [1.82, 2.24) is 0 Å². The summed E-state index contributed by atoms with van der Waals surface area (Å²) in [4.78, 5) is 2.04. The summed E-state index contributed by atoms with van der Waals surface area (Å²) in [6.07, 6.45) is -2.12. The second kappa shape index (κ2) is 5.58. The van der Waals surface area contributed by atoms with Crippen molar-refractivity contribution >= 4 is 11.5 Å². The molecule has 0 heterocycles. The van der Waals surface area contributed by atoms with E-state index in [-0.39, 0.29) is 17.4 Å². The molecule has 3 nitrogen and oxygen atoms in total. The Labute approximate surface area is 122 Å². The number of nitrogens with two attached hydrogens (primary N) is 1. The van der Waals surface area contributed by atoms with Gasteiger partial charge in [-0.15, -0.1) is 0 Å². The van der Waals surface area contributed by atoms with E-state index in [0.29, 0.717) is 11.6 Å². The Kier molecular flexibility index (Phi) is 4.16. The molecule has 1 aromatic carbocycles. The van der Waals surface area contributed by atoms with Crippen molar-refractivity contribution in [3.63, 3.8) is 0 Å². The topological polar surface area (TPSA) is 53.1 Å². The van der Waals surface area contributed by atoms with E-state index >= 15 is 0 Å². The number of hydrogen-bond acceptors (Lipinski definition) is 2. The lowest BCUT2D eigenvalue weighted by Crippen LogP contribution is -2.34. The minimum absolute atomic E-state index is 0.139. The van der Waals surface area contributed by atoms with Gasteiger partial charge >= 0.3 is 6.18 Å². The minimum atomic E-state index is -4.43. The first-order valence-electron chi connectivity index (χ1n) is 7.02. The van der Waals surface area contributed by atoms with Crippen LogP contribution >= 0.6 is 0 Å². The van der Waals surface area contributed by atoms with E-state index in [1.54, 1.807) is 0 Å². The highest BCUT2D eigenvalue weighted by Crippen LogP contribution is 2.36. The van der Waals surface area contributed by atoms with Crippen LogP contribution in [0.25, 0.3) is 0 Å². The van der Waals surface area contributed by atoms with E-state index in [4.69, 9.17) is 11.1 Å². The first-order valence-corrected chi connectivity index (χ1v) is 7.02. The summed E-state index contributed by atoms with van der Waals surface area (Å²) in [5, 5.41) is 7.59. The molecule has 6 heteroatoms. The summed E-state index contributed by atoms with van der Waals surface area (Å²) < 4.78 is 38.5. The summed E-state index contributed by atoms with van der Waals surface area (Å²) in [5.74, 6) is 0.257. The van der Waals surface area contributed by atoms with Crippen LogP contribution in [0.15, 0.2) is 18.2 Å². The van der Waals surface area contributed by atoms with Crippen LogP contribution in [0.4, 0.5) is 18.9 Å². The van der Waals surface area contributed by atoms with Crippen molar-refractivity contribution < 1.29 is 13.2 Å². The van der Waals surface area contributed by atoms with Crippen LogP contribution in [0.2, 0.25) is 0 Å². The maximum Gasteiger partial charge on any atom is 0.416 e. The molecule has 0 radical (unpaired) electrons. The average Bonchev–Trinajstić information content (AvgIpc) is 3.17. The SMILES string of the molecule is CC(C)N(CC1CC1)c1ccc(C(F)(F)F)cc1C(=N)N. The van der Waals surface area contributed by atoms with E-state index in [9.17, 15) is 13.2 Å².